The molecule has 2 rings (SSSR count). The van der Waals surface area contributed by atoms with Crippen molar-refractivity contribution in [2.75, 3.05) is 0 Å². The quantitative estimate of drug-likeness (QED) is 0.812. The Morgan fingerprint density at radius 3 is 2.67 bits per heavy atom. The van der Waals surface area contributed by atoms with Crippen LogP contribution in [0.3, 0.4) is 0 Å². The number of hydrogen-bond donors (Lipinski definition) is 2. The van der Waals surface area contributed by atoms with E-state index in [0.29, 0.717) is 12.8 Å². The topological polar surface area (TPSA) is 83.5 Å². The molecule has 2 N–H and O–H groups in total. The number of carboxylic acids is 1. The maximum atomic E-state index is 12.4. The minimum atomic E-state index is -3.63. The molecule has 118 valence electrons. The van der Waals surface area contributed by atoms with Crippen LogP contribution in [0.4, 0.5) is 0 Å². The van der Waals surface area contributed by atoms with Crippen LogP contribution in [0, 0.1) is 5.92 Å². The van der Waals surface area contributed by atoms with E-state index in [4.69, 9.17) is 0 Å². The van der Waals surface area contributed by atoms with Crippen molar-refractivity contribution in [1.29, 1.82) is 0 Å². The molecule has 1 heterocycles. The summed E-state index contributed by atoms with van der Waals surface area (Å²) < 4.78 is 27.7. The largest absolute Gasteiger partial charge is 0.481 e. The van der Waals surface area contributed by atoms with E-state index in [0.717, 1.165) is 30.6 Å². The predicted molar refractivity (Wildman–Crippen MR) is 82.0 cm³/mol. The van der Waals surface area contributed by atoms with Crippen LogP contribution in [0.15, 0.2) is 16.3 Å². The Bertz CT molecular complexity index is 594. The molecule has 1 aliphatic rings. The highest BCUT2D eigenvalue weighted by Crippen LogP contribution is 2.27. The lowest BCUT2D eigenvalue weighted by Gasteiger charge is -2.22. The molecular weight excluding hydrogens is 310 g/mol. The van der Waals surface area contributed by atoms with Crippen molar-refractivity contribution in [3.05, 3.63) is 17.0 Å². The summed E-state index contributed by atoms with van der Waals surface area (Å²) in [7, 11) is -3.63. The number of carbonyl (C=O) groups is 1. The maximum Gasteiger partial charge on any atom is 0.308 e. The molecule has 21 heavy (non-hydrogen) atoms. The summed E-state index contributed by atoms with van der Waals surface area (Å²) in [6.07, 6.45) is 4.58. The van der Waals surface area contributed by atoms with Crippen LogP contribution in [0.25, 0.3) is 0 Å². The van der Waals surface area contributed by atoms with Crippen molar-refractivity contribution >= 4 is 27.3 Å². The minimum Gasteiger partial charge on any atom is -0.481 e. The van der Waals surface area contributed by atoms with E-state index >= 15 is 0 Å². The number of hydrogen-bond acceptors (Lipinski definition) is 4. The fourth-order valence-corrected chi connectivity index (χ4v) is 5.32. The van der Waals surface area contributed by atoms with E-state index in [-0.39, 0.29) is 4.21 Å². The summed E-state index contributed by atoms with van der Waals surface area (Å²) in [6.45, 7) is 1.97. The van der Waals surface area contributed by atoms with Gasteiger partial charge in [-0.2, -0.15) is 0 Å². The first-order valence-electron chi connectivity index (χ1n) is 7.28. The summed E-state index contributed by atoms with van der Waals surface area (Å²) in [5.41, 5.74) is 0. The third-order valence-corrected chi connectivity index (χ3v) is 7.10. The van der Waals surface area contributed by atoms with Crippen molar-refractivity contribution in [2.24, 2.45) is 5.92 Å². The first-order valence-corrected chi connectivity index (χ1v) is 9.58. The molecule has 7 heteroatoms. The predicted octanol–water partition coefficient (Wildman–Crippen LogP) is 2.62. The Morgan fingerprint density at radius 1 is 1.33 bits per heavy atom. The van der Waals surface area contributed by atoms with Gasteiger partial charge in [-0.3, -0.25) is 4.79 Å². The zero-order valence-corrected chi connectivity index (χ0v) is 13.7. The van der Waals surface area contributed by atoms with Crippen LogP contribution in [0.2, 0.25) is 0 Å². The van der Waals surface area contributed by atoms with Crippen molar-refractivity contribution in [3.63, 3.8) is 0 Å². The SMILES string of the molecule is CCc1ccc(S(=O)(=O)NC2CCCCCC2C(=O)O)s1. The average Bonchev–Trinajstić information content (AvgIpc) is 2.80. The van der Waals surface area contributed by atoms with Crippen molar-refractivity contribution < 1.29 is 18.3 Å². The molecule has 1 fully saturated rings. The number of sulfonamides is 1. The van der Waals surface area contributed by atoms with Crippen molar-refractivity contribution in [2.45, 2.75) is 55.7 Å². The normalized spacial score (nSPS) is 23.7. The van der Waals surface area contributed by atoms with E-state index < -0.39 is 28.0 Å². The molecule has 2 atom stereocenters. The van der Waals surface area contributed by atoms with E-state index in [1.807, 2.05) is 6.92 Å². The van der Waals surface area contributed by atoms with Gasteiger partial charge in [0.05, 0.1) is 5.92 Å². The van der Waals surface area contributed by atoms with E-state index in [1.54, 1.807) is 12.1 Å². The second-order valence-electron chi connectivity index (χ2n) is 5.38. The number of nitrogens with one attached hydrogen (secondary N) is 1. The molecule has 1 saturated carbocycles. The fraction of sp³-hybridized carbons (Fsp3) is 0.643. The second-order valence-corrected chi connectivity index (χ2v) is 8.49. The lowest BCUT2D eigenvalue weighted by molar-refractivity contribution is -0.142. The van der Waals surface area contributed by atoms with Gasteiger partial charge in [-0.25, -0.2) is 13.1 Å². The number of aryl methyl sites for hydroxylation is 1. The monoisotopic (exact) mass is 331 g/mol. The van der Waals surface area contributed by atoms with Crippen LogP contribution in [0.5, 0.6) is 0 Å². The maximum absolute atomic E-state index is 12.4. The van der Waals surface area contributed by atoms with Crippen LogP contribution in [-0.4, -0.2) is 25.5 Å². The van der Waals surface area contributed by atoms with Crippen LogP contribution >= 0.6 is 11.3 Å². The summed E-state index contributed by atoms with van der Waals surface area (Å²) in [5.74, 6) is -1.54. The second kappa shape index (κ2) is 6.89. The molecular formula is C14H21NO4S2. The Balaban J connectivity index is 2.18. The van der Waals surface area contributed by atoms with Gasteiger partial charge in [0.25, 0.3) is 0 Å². The van der Waals surface area contributed by atoms with Gasteiger partial charge in [-0.05, 0) is 31.4 Å². The molecule has 1 aromatic heterocycles. The van der Waals surface area contributed by atoms with Gasteiger partial charge in [-0.15, -0.1) is 11.3 Å². The molecule has 0 spiro atoms. The highest BCUT2D eigenvalue weighted by molar-refractivity contribution is 7.91. The van der Waals surface area contributed by atoms with Crippen molar-refractivity contribution in [1.82, 2.24) is 4.72 Å². The Morgan fingerprint density at radius 2 is 2.05 bits per heavy atom. The molecule has 0 radical (unpaired) electrons. The summed E-state index contributed by atoms with van der Waals surface area (Å²) in [4.78, 5) is 12.4. The van der Waals surface area contributed by atoms with Gasteiger partial charge in [0.2, 0.25) is 10.0 Å². The molecule has 0 aromatic carbocycles. The van der Waals surface area contributed by atoms with Gasteiger partial charge in [0.1, 0.15) is 4.21 Å². The number of thiophene rings is 1. The Kier molecular flexibility index (Phi) is 5.40. The van der Waals surface area contributed by atoms with Gasteiger partial charge in [-0.1, -0.05) is 26.2 Å². The first kappa shape index (κ1) is 16.5. The van der Waals surface area contributed by atoms with Crippen LogP contribution in [-0.2, 0) is 21.2 Å². The number of rotatable bonds is 5. The summed E-state index contributed by atoms with van der Waals surface area (Å²) in [6, 6.07) is 2.89. The lowest BCUT2D eigenvalue weighted by Crippen LogP contribution is -2.42. The van der Waals surface area contributed by atoms with Crippen LogP contribution < -0.4 is 4.72 Å². The molecule has 1 aromatic rings. The number of carboxylic acid groups (broad SMARTS) is 1. The fourth-order valence-electron chi connectivity index (χ4n) is 2.69. The Hall–Kier alpha value is -0.920. The molecule has 0 saturated heterocycles. The average molecular weight is 331 g/mol. The third kappa shape index (κ3) is 4.05. The standard InChI is InChI=1S/C14H21NO4S2/c1-2-10-8-9-13(20-10)21(18,19)15-12-7-5-3-4-6-11(12)14(16)17/h8-9,11-12,15H,2-7H2,1H3,(H,16,17). The van der Waals surface area contributed by atoms with E-state index in [1.165, 1.54) is 11.3 Å². The molecule has 2 unspecified atom stereocenters. The zero-order valence-electron chi connectivity index (χ0n) is 12.0. The third-order valence-electron chi connectivity index (χ3n) is 3.89. The highest BCUT2D eigenvalue weighted by Gasteiger charge is 2.33. The van der Waals surface area contributed by atoms with Gasteiger partial charge in [0.15, 0.2) is 0 Å². The van der Waals surface area contributed by atoms with Crippen LogP contribution in [0.1, 0.15) is 43.9 Å². The van der Waals surface area contributed by atoms with Gasteiger partial charge in [0, 0.05) is 10.9 Å². The summed E-state index contributed by atoms with van der Waals surface area (Å²) >= 11 is 1.25. The number of aliphatic carboxylic acids is 1. The smallest absolute Gasteiger partial charge is 0.308 e. The Labute approximate surface area is 129 Å². The lowest BCUT2D eigenvalue weighted by atomic mass is 9.96. The summed E-state index contributed by atoms with van der Waals surface area (Å²) in [5, 5.41) is 9.31. The molecule has 0 aliphatic heterocycles. The molecule has 5 nitrogen and oxygen atoms in total. The van der Waals surface area contributed by atoms with E-state index in [9.17, 15) is 18.3 Å². The minimum absolute atomic E-state index is 0.271. The molecule has 1 aliphatic carbocycles. The molecule has 0 bridgehead atoms. The zero-order chi connectivity index (χ0) is 15.5. The van der Waals surface area contributed by atoms with E-state index in [2.05, 4.69) is 4.72 Å². The van der Waals surface area contributed by atoms with Crippen molar-refractivity contribution in [3.8, 4) is 0 Å². The van der Waals surface area contributed by atoms with Gasteiger partial charge >= 0.3 is 5.97 Å². The first-order chi connectivity index (χ1) is 9.94. The van der Waals surface area contributed by atoms with Gasteiger partial charge < -0.3 is 5.11 Å². The molecule has 0 amide bonds. The highest BCUT2D eigenvalue weighted by atomic mass is 32.2.